The second kappa shape index (κ2) is 10.8. The Kier molecular flexibility index (Phi) is 7.55. The molecular weight excluding hydrogens is 526 g/mol. The lowest BCUT2D eigenvalue weighted by Crippen LogP contribution is -2.58. The Morgan fingerprint density at radius 3 is 2.35 bits per heavy atom. The van der Waals surface area contributed by atoms with Gasteiger partial charge in [-0.25, -0.2) is 0 Å². The molecule has 40 heavy (non-hydrogen) atoms. The number of fused-ring (bicyclic) bond motifs is 2. The Morgan fingerprint density at radius 2 is 1.70 bits per heavy atom. The zero-order valence-corrected chi connectivity index (χ0v) is 23.4. The molecule has 0 radical (unpaired) electrons. The number of amides is 1. The average molecular weight is 564 g/mol. The summed E-state index contributed by atoms with van der Waals surface area (Å²) in [5.74, 6) is -2.12. The SMILES string of the molecule is COC(OC)N1C(=O)C(OC)(OC)C2(c3cc4c(cc3COC3CCCCO3)OCO4)CCC3(C=C12)OCCO3. The fraction of sp³-hybridized carbons (Fsp3) is 0.679. The van der Waals surface area contributed by atoms with Crippen molar-refractivity contribution < 1.29 is 52.2 Å². The summed E-state index contributed by atoms with van der Waals surface area (Å²) in [4.78, 5) is 15.9. The number of rotatable bonds is 9. The standard InChI is InChI=1S/C28H37NO11/c1-31-25(32-2)29-22-15-26(39-11-12-40-26)8-9-27(22,28(33-3,34-4)24(29)30)19-14-21-20(37-17-38-21)13-18(19)16-36-23-7-5-6-10-35-23/h13-15,23,25H,5-12,16-17H2,1-4H3. The summed E-state index contributed by atoms with van der Waals surface area (Å²) < 4.78 is 59.2. The third-order valence-electron chi connectivity index (χ3n) is 8.55. The summed E-state index contributed by atoms with van der Waals surface area (Å²) in [6.45, 7) is 1.83. The Morgan fingerprint density at radius 1 is 0.975 bits per heavy atom. The van der Waals surface area contributed by atoms with Crippen LogP contribution in [0.2, 0.25) is 0 Å². The van der Waals surface area contributed by atoms with Gasteiger partial charge in [0.25, 0.3) is 11.7 Å². The predicted molar refractivity (Wildman–Crippen MR) is 136 cm³/mol. The third kappa shape index (κ3) is 4.08. The summed E-state index contributed by atoms with van der Waals surface area (Å²) in [5, 5.41) is 0. The van der Waals surface area contributed by atoms with E-state index in [-0.39, 0.29) is 19.7 Å². The normalized spacial score (nSPS) is 28.4. The molecule has 0 aromatic heterocycles. The molecule has 1 amide bonds. The Labute approximate surface area is 233 Å². The van der Waals surface area contributed by atoms with Crippen LogP contribution >= 0.6 is 0 Å². The highest BCUT2D eigenvalue weighted by Gasteiger charge is 2.73. The molecule has 12 nitrogen and oxygen atoms in total. The molecule has 0 N–H and O–H groups in total. The van der Waals surface area contributed by atoms with E-state index in [1.165, 1.54) is 33.3 Å². The van der Waals surface area contributed by atoms with Crippen LogP contribution < -0.4 is 9.47 Å². The Hall–Kier alpha value is -2.29. The lowest BCUT2D eigenvalue weighted by Gasteiger charge is -2.47. The van der Waals surface area contributed by atoms with E-state index < -0.39 is 29.3 Å². The van der Waals surface area contributed by atoms with Crippen molar-refractivity contribution in [1.29, 1.82) is 0 Å². The first-order valence-electron chi connectivity index (χ1n) is 13.6. The van der Waals surface area contributed by atoms with Gasteiger partial charge < -0.3 is 47.4 Å². The minimum absolute atomic E-state index is 0.0888. The molecule has 0 saturated carbocycles. The van der Waals surface area contributed by atoms with Gasteiger partial charge in [-0.3, -0.25) is 9.69 Å². The third-order valence-corrected chi connectivity index (χ3v) is 8.55. The topological polar surface area (TPSA) is 113 Å². The summed E-state index contributed by atoms with van der Waals surface area (Å²) in [6, 6.07) is 3.79. The molecule has 1 aromatic carbocycles. The van der Waals surface area contributed by atoms with E-state index >= 15 is 0 Å². The molecule has 1 aliphatic carbocycles. The number of hydrogen-bond donors (Lipinski definition) is 0. The first kappa shape index (κ1) is 27.9. The molecule has 4 aliphatic heterocycles. The van der Waals surface area contributed by atoms with Crippen LogP contribution in [0.4, 0.5) is 0 Å². The number of likely N-dealkylation sites (tertiary alicyclic amines) is 1. The number of carbonyl (C=O) groups is 1. The van der Waals surface area contributed by atoms with Crippen LogP contribution in [0.15, 0.2) is 23.9 Å². The highest BCUT2D eigenvalue weighted by atomic mass is 16.7. The average Bonchev–Trinajstić information content (AvgIpc) is 3.69. The molecule has 0 bridgehead atoms. The molecule has 6 rings (SSSR count). The molecule has 2 atom stereocenters. The van der Waals surface area contributed by atoms with E-state index in [2.05, 4.69) is 0 Å². The lowest BCUT2D eigenvalue weighted by molar-refractivity contribution is -0.239. The highest BCUT2D eigenvalue weighted by Crippen LogP contribution is 2.61. The number of benzene rings is 1. The second-order valence-corrected chi connectivity index (χ2v) is 10.4. The van der Waals surface area contributed by atoms with E-state index in [9.17, 15) is 4.79 Å². The van der Waals surface area contributed by atoms with Crippen molar-refractivity contribution in [3.63, 3.8) is 0 Å². The van der Waals surface area contributed by atoms with Crippen molar-refractivity contribution in [2.24, 2.45) is 0 Å². The van der Waals surface area contributed by atoms with Gasteiger partial charge in [-0.2, -0.15) is 0 Å². The van der Waals surface area contributed by atoms with E-state index in [1.807, 2.05) is 18.2 Å². The molecule has 4 heterocycles. The van der Waals surface area contributed by atoms with Crippen LogP contribution in [0.5, 0.6) is 11.5 Å². The quantitative estimate of drug-likeness (QED) is 0.413. The number of nitrogens with zero attached hydrogens (tertiary/aromatic N) is 1. The molecular formula is C28H37NO11. The van der Waals surface area contributed by atoms with Gasteiger partial charge in [-0.15, -0.1) is 0 Å². The predicted octanol–water partition coefficient (Wildman–Crippen LogP) is 2.52. The molecule has 3 fully saturated rings. The first-order valence-corrected chi connectivity index (χ1v) is 13.6. The van der Waals surface area contributed by atoms with Crippen LogP contribution in [-0.4, -0.2) is 90.1 Å². The van der Waals surface area contributed by atoms with Gasteiger partial charge in [0.2, 0.25) is 13.2 Å². The summed E-state index contributed by atoms with van der Waals surface area (Å²) in [5.41, 5.74) is 0.860. The number of carbonyl (C=O) groups excluding carboxylic acids is 1. The number of hydrogen-bond acceptors (Lipinski definition) is 11. The largest absolute Gasteiger partial charge is 0.454 e. The van der Waals surface area contributed by atoms with E-state index in [1.54, 1.807) is 0 Å². The minimum Gasteiger partial charge on any atom is -0.454 e. The van der Waals surface area contributed by atoms with Crippen LogP contribution in [-0.2, 0) is 54.7 Å². The lowest BCUT2D eigenvalue weighted by atomic mass is 9.64. The van der Waals surface area contributed by atoms with Crippen molar-refractivity contribution >= 4 is 5.91 Å². The van der Waals surface area contributed by atoms with Crippen molar-refractivity contribution in [2.45, 2.75) is 68.4 Å². The maximum Gasteiger partial charge on any atom is 0.292 e. The van der Waals surface area contributed by atoms with Gasteiger partial charge in [0.05, 0.1) is 25.2 Å². The van der Waals surface area contributed by atoms with Gasteiger partial charge in [0.1, 0.15) is 0 Å². The fourth-order valence-electron chi connectivity index (χ4n) is 6.75. The maximum absolute atomic E-state index is 14.4. The molecule has 220 valence electrons. The Bertz CT molecular complexity index is 1140. The van der Waals surface area contributed by atoms with Gasteiger partial charge in [0.15, 0.2) is 23.6 Å². The van der Waals surface area contributed by atoms with Gasteiger partial charge >= 0.3 is 0 Å². The van der Waals surface area contributed by atoms with Crippen molar-refractivity contribution in [2.75, 3.05) is 55.1 Å². The van der Waals surface area contributed by atoms with Crippen molar-refractivity contribution in [3.8, 4) is 11.5 Å². The molecule has 5 aliphatic rings. The van der Waals surface area contributed by atoms with Crippen LogP contribution in [0.3, 0.4) is 0 Å². The zero-order valence-electron chi connectivity index (χ0n) is 23.4. The second-order valence-electron chi connectivity index (χ2n) is 10.4. The molecule has 3 saturated heterocycles. The van der Waals surface area contributed by atoms with Gasteiger partial charge in [-0.05, 0) is 55.0 Å². The summed E-state index contributed by atoms with van der Waals surface area (Å²) in [6.07, 6.45) is 4.12. The fourth-order valence-corrected chi connectivity index (χ4v) is 6.75. The molecule has 2 unspecified atom stereocenters. The number of ether oxygens (including phenoxy) is 10. The van der Waals surface area contributed by atoms with Gasteiger partial charge in [0, 0.05) is 47.2 Å². The smallest absolute Gasteiger partial charge is 0.292 e. The molecule has 1 spiro atoms. The zero-order chi connectivity index (χ0) is 28.0. The van der Waals surface area contributed by atoms with E-state index in [4.69, 9.17) is 47.4 Å². The molecule has 1 aromatic rings. The maximum atomic E-state index is 14.4. The van der Waals surface area contributed by atoms with Crippen LogP contribution in [0.25, 0.3) is 0 Å². The minimum atomic E-state index is -1.78. The van der Waals surface area contributed by atoms with E-state index in [0.717, 1.165) is 30.4 Å². The van der Waals surface area contributed by atoms with Crippen molar-refractivity contribution in [3.05, 3.63) is 35.0 Å². The van der Waals surface area contributed by atoms with Gasteiger partial charge in [-0.1, -0.05) is 0 Å². The number of methoxy groups -OCH3 is 4. The molecule has 12 heteroatoms. The first-order chi connectivity index (χ1) is 19.5. The monoisotopic (exact) mass is 563 g/mol. The van der Waals surface area contributed by atoms with E-state index in [0.29, 0.717) is 49.9 Å². The highest BCUT2D eigenvalue weighted by molar-refractivity contribution is 5.93. The van der Waals surface area contributed by atoms with Crippen molar-refractivity contribution in [1.82, 2.24) is 4.90 Å². The Balaban J connectivity index is 1.56. The van der Waals surface area contributed by atoms with Crippen LogP contribution in [0.1, 0.15) is 43.2 Å². The summed E-state index contributed by atoms with van der Waals surface area (Å²) in [7, 11) is 5.86. The van der Waals surface area contributed by atoms with Crippen LogP contribution in [0, 0.1) is 0 Å². The summed E-state index contributed by atoms with van der Waals surface area (Å²) >= 11 is 0.